The van der Waals surface area contributed by atoms with Crippen molar-refractivity contribution < 1.29 is 19.1 Å². The molecule has 0 N–H and O–H groups in total. The fourth-order valence-electron chi connectivity index (χ4n) is 2.82. The SMILES string of the molecule is COCCN(Cc1nc(C(=O)OC)cs1)C(=O)C1CCCCC1. The van der Waals surface area contributed by atoms with Gasteiger partial charge in [0.25, 0.3) is 0 Å². The Labute approximate surface area is 140 Å². The van der Waals surface area contributed by atoms with Crippen molar-refractivity contribution in [2.75, 3.05) is 27.4 Å². The first-order valence-corrected chi connectivity index (χ1v) is 8.84. The van der Waals surface area contributed by atoms with Gasteiger partial charge in [0.2, 0.25) is 5.91 Å². The second-order valence-electron chi connectivity index (χ2n) is 5.71. The number of methoxy groups -OCH3 is 2. The van der Waals surface area contributed by atoms with Crippen LogP contribution in [-0.4, -0.2) is 49.1 Å². The lowest BCUT2D eigenvalue weighted by molar-refractivity contribution is -0.137. The fourth-order valence-corrected chi connectivity index (χ4v) is 3.60. The number of nitrogens with zero attached hydrogens (tertiary/aromatic N) is 2. The van der Waals surface area contributed by atoms with Crippen LogP contribution in [0.25, 0.3) is 0 Å². The van der Waals surface area contributed by atoms with Crippen LogP contribution in [0.5, 0.6) is 0 Å². The molecule has 1 amide bonds. The van der Waals surface area contributed by atoms with E-state index in [1.807, 2.05) is 0 Å². The van der Waals surface area contributed by atoms with Crippen molar-refractivity contribution in [3.8, 4) is 0 Å². The zero-order chi connectivity index (χ0) is 16.7. The van der Waals surface area contributed by atoms with Crippen LogP contribution in [0.1, 0.15) is 47.6 Å². The Morgan fingerprint density at radius 2 is 2.04 bits per heavy atom. The molecule has 6 nitrogen and oxygen atoms in total. The van der Waals surface area contributed by atoms with Gasteiger partial charge in [0.05, 0.1) is 20.3 Å². The van der Waals surface area contributed by atoms with E-state index in [9.17, 15) is 9.59 Å². The zero-order valence-electron chi connectivity index (χ0n) is 13.7. The van der Waals surface area contributed by atoms with Gasteiger partial charge in [0, 0.05) is 25.0 Å². The number of aromatic nitrogens is 1. The zero-order valence-corrected chi connectivity index (χ0v) is 14.6. The van der Waals surface area contributed by atoms with E-state index in [2.05, 4.69) is 9.72 Å². The third-order valence-electron chi connectivity index (χ3n) is 4.10. The smallest absolute Gasteiger partial charge is 0.357 e. The van der Waals surface area contributed by atoms with E-state index in [0.29, 0.717) is 25.4 Å². The van der Waals surface area contributed by atoms with E-state index in [0.717, 1.165) is 30.7 Å². The molecule has 0 spiro atoms. The van der Waals surface area contributed by atoms with Crippen molar-refractivity contribution in [2.45, 2.75) is 38.6 Å². The molecule has 0 bridgehead atoms. The average molecular weight is 340 g/mol. The summed E-state index contributed by atoms with van der Waals surface area (Å²) in [6, 6.07) is 0. The van der Waals surface area contributed by atoms with Crippen molar-refractivity contribution in [3.05, 3.63) is 16.1 Å². The lowest BCUT2D eigenvalue weighted by atomic mass is 9.88. The predicted octanol–water partition coefficient (Wildman–Crippen LogP) is 2.49. The number of amides is 1. The van der Waals surface area contributed by atoms with Crippen molar-refractivity contribution in [1.29, 1.82) is 0 Å². The van der Waals surface area contributed by atoms with Gasteiger partial charge >= 0.3 is 5.97 Å². The van der Waals surface area contributed by atoms with Crippen molar-refractivity contribution in [2.24, 2.45) is 5.92 Å². The number of hydrogen-bond acceptors (Lipinski definition) is 6. The first kappa shape index (κ1) is 17.9. The van der Waals surface area contributed by atoms with Crippen molar-refractivity contribution >= 4 is 23.2 Å². The highest BCUT2D eigenvalue weighted by Crippen LogP contribution is 2.26. The van der Waals surface area contributed by atoms with Gasteiger partial charge < -0.3 is 14.4 Å². The molecule has 128 valence electrons. The summed E-state index contributed by atoms with van der Waals surface area (Å²) in [5.41, 5.74) is 0.296. The van der Waals surface area contributed by atoms with Crippen LogP contribution in [0, 0.1) is 5.92 Å². The lowest BCUT2D eigenvalue weighted by Crippen LogP contribution is -2.38. The second-order valence-corrected chi connectivity index (χ2v) is 6.65. The Kier molecular flexibility index (Phi) is 6.98. The molecular weight excluding hydrogens is 316 g/mol. The lowest BCUT2D eigenvalue weighted by Gasteiger charge is -2.28. The summed E-state index contributed by atoms with van der Waals surface area (Å²) in [7, 11) is 2.96. The summed E-state index contributed by atoms with van der Waals surface area (Å²) in [4.78, 5) is 30.3. The van der Waals surface area contributed by atoms with E-state index < -0.39 is 5.97 Å². The number of thiazole rings is 1. The molecule has 23 heavy (non-hydrogen) atoms. The number of hydrogen-bond donors (Lipinski definition) is 0. The number of rotatable bonds is 7. The Bertz CT molecular complexity index is 526. The van der Waals surface area contributed by atoms with Gasteiger partial charge in [-0.3, -0.25) is 4.79 Å². The van der Waals surface area contributed by atoms with E-state index in [-0.39, 0.29) is 11.8 Å². The van der Waals surface area contributed by atoms with Crippen LogP contribution in [-0.2, 0) is 20.8 Å². The normalized spacial score (nSPS) is 15.4. The standard InChI is InChI=1S/C16H24N2O4S/c1-21-9-8-18(15(19)12-6-4-3-5-7-12)10-14-17-13(11-23-14)16(20)22-2/h11-12H,3-10H2,1-2H3. The van der Waals surface area contributed by atoms with E-state index >= 15 is 0 Å². The summed E-state index contributed by atoms with van der Waals surface area (Å²) < 4.78 is 9.79. The predicted molar refractivity (Wildman–Crippen MR) is 87.3 cm³/mol. The van der Waals surface area contributed by atoms with Crippen molar-refractivity contribution in [3.63, 3.8) is 0 Å². The van der Waals surface area contributed by atoms with Gasteiger partial charge in [0.15, 0.2) is 5.69 Å². The van der Waals surface area contributed by atoms with Crippen LogP contribution >= 0.6 is 11.3 Å². The van der Waals surface area contributed by atoms with Crippen LogP contribution < -0.4 is 0 Å². The van der Waals surface area contributed by atoms with Crippen LogP contribution in [0.15, 0.2) is 5.38 Å². The molecule has 0 aliphatic heterocycles. The summed E-state index contributed by atoms with van der Waals surface area (Å²) in [6.45, 7) is 1.45. The molecule has 0 radical (unpaired) electrons. The van der Waals surface area contributed by atoms with Crippen LogP contribution in [0.4, 0.5) is 0 Å². The molecule has 1 aliphatic rings. The van der Waals surface area contributed by atoms with Crippen molar-refractivity contribution in [1.82, 2.24) is 9.88 Å². The Hall–Kier alpha value is -1.47. The van der Waals surface area contributed by atoms with Gasteiger partial charge in [-0.2, -0.15) is 0 Å². The van der Waals surface area contributed by atoms with Gasteiger partial charge in [-0.1, -0.05) is 19.3 Å². The highest BCUT2D eigenvalue weighted by molar-refractivity contribution is 7.09. The molecule has 1 aromatic heterocycles. The van der Waals surface area contributed by atoms with E-state index in [1.54, 1.807) is 17.4 Å². The molecule has 0 unspecified atom stereocenters. The Balaban J connectivity index is 2.03. The minimum absolute atomic E-state index is 0.112. The number of carbonyl (C=O) groups is 2. The van der Waals surface area contributed by atoms with E-state index in [4.69, 9.17) is 4.74 Å². The highest BCUT2D eigenvalue weighted by Gasteiger charge is 2.26. The summed E-state index contributed by atoms with van der Waals surface area (Å²) in [6.07, 6.45) is 5.40. The number of carbonyl (C=O) groups excluding carboxylic acids is 2. The molecule has 1 aromatic rings. The summed E-state index contributed by atoms with van der Waals surface area (Å²) >= 11 is 1.37. The fraction of sp³-hybridized carbons (Fsp3) is 0.688. The molecule has 0 aromatic carbocycles. The topological polar surface area (TPSA) is 68.7 Å². The van der Waals surface area contributed by atoms with Gasteiger partial charge in [0.1, 0.15) is 5.01 Å². The largest absolute Gasteiger partial charge is 0.464 e. The molecule has 1 saturated carbocycles. The Morgan fingerprint density at radius 1 is 1.30 bits per heavy atom. The molecule has 0 atom stereocenters. The number of ether oxygens (including phenoxy) is 2. The Morgan fingerprint density at radius 3 is 2.70 bits per heavy atom. The minimum atomic E-state index is -0.449. The van der Waals surface area contributed by atoms with Gasteiger partial charge in [-0.25, -0.2) is 9.78 Å². The molecular formula is C16H24N2O4S. The second kappa shape index (κ2) is 8.98. The highest BCUT2D eigenvalue weighted by atomic mass is 32.1. The molecule has 7 heteroatoms. The molecule has 0 saturated heterocycles. The maximum Gasteiger partial charge on any atom is 0.357 e. The monoisotopic (exact) mass is 340 g/mol. The maximum atomic E-state index is 12.8. The molecule has 1 heterocycles. The van der Waals surface area contributed by atoms with Crippen LogP contribution in [0.3, 0.4) is 0 Å². The third kappa shape index (κ3) is 5.00. The first-order valence-electron chi connectivity index (χ1n) is 7.96. The average Bonchev–Trinajstić information content (AvgIpc) is 3.06. The molecule has 2 rings (SSSR count). The van der Waals surface area contributed by atoms with Gasteiger partial charge in [-0.15, -0.1) is 11.3 Å². The first-order chi connectivity index (χ1) is 11.2. The maximum absolute atomic E-state index is 12.8. The quantitative estimate of drug-likeness (QED) is 0.713. The number of esters is 1. The van der Waals surface area contributed by atoms with E-state index in [1.165, 1.54) is 24.9 Å². The third-order valence-corrected chi connectivity index (χ3v) is 4.94. The minimum Gasteiger partial charge on any atom is -0.464 e. The molecule has 1 fully saturated rings. The molecule has 1 aliphatic carbocycles. The summed E-state index contributed by atoms with van der Waals surface area (Å²) in [5.74, 6) is -0.160. The summed E-state index contributed by atoms with van der Waals surface area (Å²) in [5, 5.41) is 2.41. The van der Waals surface area contributed by atoms with Crippen LogP contribution in [0.2, 0.25) is 0 Å². The van der Waals surface area contributed by atoms with Gasteiger partial charge in [-0.05, 0) is 12.8 Å².